The van der Waals surface area contributed by atoms with Crippen molar-refractivity contribution in [1.29, 1.82) is 0 Å². The lowest BCUT2D eigenvalue weighted by Crippen LogP contribution is -2.32. The largest absolute Gasteiger partial charge is 0.469 e. The van der Waals surface area contributed by atoms with Crippen molar-refractivity contribution in [3.05, 3.63) is 150 Å². The molecule has 36 nitrogen and oxygen atoms in total. The number of amides is 6. The number of nitrogens with zero attached hydrogens (tertiary/aromatic N) is 6. The van der Waals surface area contributed by atoms with E-state index in [0.29, 0.717) is 134 Å². The van der Waals surface area contributed by atoms with Gasteiger partial charge in [0.2, 0.25) is 35.4 Å². The van der Waals surface area contributed by atoms with Gasteiger partial charge in [0.15, 0.2) is 0 Å². The molecule has 0 saturated heterocycles. The second-order valence-electron chi connectivity index (χ2n) is 25.7. The highest BCUT2D eigenvalue weighted by Gasteiger charge is 2.20. The molecule has 0 rings (SSSR count). The predicted octanol–water partition coefficient (Wildman–Crippen LogP) is 12.3. The summed E-state index contributed by atoms with van der Waals surface area (Å²) in [7, 11) is -26.1. The van der Waals surface area contributed by atoms with Crippen molar-refractivity contribution in [3.8, 4) is 0 Å². The highest BCUT2D eigenvalue weighted by molar-refractivity contribution is 7.47. The molecule has 0 aliphatic rings. The number of unbranched alkanes of at least 4 members (excludes halogenated alkanes) is 18. The molecule has 0 saturated carbocycles. The van der Waals surface area contributed by atoms with Gasteiger partial charge in [0.05, 0.1) is 39.6 Å². The molecule has 0 aromatic carbocycles. The van der Waals surface area contributed by atoms with Gasteiger partial charge >= 0.3 is 46.9 Å². The molecule has 0 aromatic heterocycles. The average molecular weight is 1790 g/mol. The quantitative estimate of drug-likeness (QED) is 0.0116. The third kappa shape index (κ3) is 89.5. The van der Waals surface area contributed by atoms with E-state index in [-0.39, 0.29) is 75.1 Å². The minimum atomic E-state index is -4.36. The van der Waals surface area contributed by atoms with Crippen LogP contribution in [0, 0.1) is 0 Å². The van der Waals surface area contributed by atoms with E-state index in [9.17, 15) is 56.2 Å². The summed E-state index contributed by atoms with van der Waals surface area (Å²) in [6.07, 6.45) is 32.4. The van der Waals surface area contributed by atoms with Crippen LogP contribution in [0.2, 0.25) is 0 Å². The van der Waals surface area contributed by atoms with Gasteiger partial charge in [0, 0.05) is 95.3 Å². The lowest BCUT2D eigenvalue weighted by molar-refractivity contribution is -0.127. The SMILES string of the molecule is C=CCN(CCCCCCCOP(=O)(O)O)C(=O)C(=C)C.C=CCN(CCCCCCCOP(=O)(O)O)C(=O)C=C.C=CCN(CCCCCCOP(=O)(O)O)C(=O)C(=C)C.C=CCN(CCCCCCOP(=O)(O)O)C(=O)C=C.C=CCN(CCCCCOP(=O)(O)O)C(=O)C(=C)C.C=CCN(CCCCCOP(=O)(O)O)C(=O)C=C. The van der Waals surface area contributed by atoms with Gasteiger partial charge in [-0.3, -0.25) is 55.9 Å². The Morgan fingerprint density at radius 3 is 0.504 bits per heavy atom. The zero-order valence-electron chi connectivity index (χ0n) is 69.0. The standard InChI is InChI=1S/C14H26NO5P.2C13H24NO5P.2C12H22NO5P.C11H20NO5P/c1-4-10-15(14(16)13(2)3)11-8-6-5-7-9-12-20-21(17,18)19;1-4-9-14(13(15)12(2)3)10-7-5-6-8-11-19-20(16,17)18;1-3-10-14(13(15)4-2)11-8-6-5-7-9-12-19-20(16,17)18;1-4-8-13(12(14)11(2)3)9-6-5-7-10-18-19(15,16)17;1-3-9-13(12(14)4-2)10-7-5-6-8-11-18-19(15,16)17;1-3-8-12(11(13)4-2)9-6-5-7-10-17-18(14,15)16/h4H,1-2,5-12H2,3H3,(H2,17,18,19);4H,1-2,5-11H2,3H3,(H2,16,17,18);3-4H,1-2,5-12H2,(H2,16,17,18);4H,1-2,5-10H2,3H3,(H2,15,16,17);3-4H,1-2,5-11H2,(H2,15,16,17);3-4H,1-2,5-10H2,(H2,14,15,16). The smallest absolute Gasteiger partial charge is 0.335 e. The summed E-state index contributed by atoms with van der Waals surface area (Å²) in [4.78, 5) is 181. The lowest BCUT2D eigenvalue weighted by Gasteiger charge is -2.21. The Morgan fingerprint density at radius 2 is 0.368 bits per heavy atom. The Balaban J connectivity index is -0.000000316. The van der Waals surface area contributed by atoms with Crippen LogP contribution in [0.5, 0.6) is 0 Å². The van der Waals surface area contributed by atoms with Gasteiger partial charge in [0.1, 0.15) is 0 Å². The van der Waals surface area contributed by atoms with Crippen molar-refractivity contribution in [3.63, 3.8) is 0 Å². The van der Waals surface area contributed by atoms with Crippen LogP contribution in [-0.4, -0.2) is 242 Å². The van der Waals surface area contributed by atoms with Crippen molar-refractivity contribution in [2.24, 2.45) is 0 Å². The molecule has 42 heteroatoms. The molecule has 0 atom stereocenters. The number of carbonyl (C=O) groups excluding carboxylic acids is 6. The molecule has 0 bridgehead atoms. The van der Waals surface area contributed by atoms with E-state index in [0.717, 1.165) is 116 Å². The molecule has 12 N–H and O–H groups in total. The second-order valence-corrected chi connectivity index (χ2v) is 33.2. The molecular formula is C75H138N6O30P6. The lowest BCUT2D eigenvalue weighted by atomic mass is 10.1. The van der Waals surface area contributed by atoms with Crippen molar-refractivity contribution >= 4 is 82.4 Å². The van der Waals surface area contributed by atoms with Crippen LogP contribution < -0.4 is 0 Å². The van der Waals surface area contributed by atoms with Gasteiger partial charge < -0.3 is 88.1 Å². The normalized spacial score (nSPS) is 11.1. The van der Waals surface area contributed by atoms with E-state index < -0.39 is 46.9 Å². The van der Waals surface area contributed by atoms with Crippen LogP contribution in [0.25, 0.3) is 0 Å². The number of carbonyl (C=O) groups is 6. The van der Waals surface area contributed by atoms with Crippen LogP contribution in [0.15, 0.2) is 150 Å². The van der Waals surface area contributed by atoms with E-state index in [1.54, 1.807) is 86.6 Å². The maximum absolute atomic E-state index is 11.8. The fourth-order valence-electron chi connectivity index (χ4n) is 9.48. The third-order valence-corrected chi connectivity index (χ3v) is 18.1. The Morgan fingerprint density at radius 1 is 0.239 bits per heavy atom. The van der Waals surface area contributed by atoms with Crippen molar-refractivity contribution < 1.29 is 142 Å². The molecule has 0 spiro atoms. The molecule has 0 radical (unpaired) electrons. The first-order valence-corrected chi connectivity index (χ1v) is 47.2. The first-order chi connectivity index (χ1) is 54.5. The summed E-state index contributed by atoms with van der Waals surface area (Å²) in [6, 6.07) is 0. The number of hydrogen-bond donors (Lipinski definition) is 12. The van der Waals surface area contributed by atoms with Gasteiger partial charge in [-0.2, -0.15) is 0 Å². The molecule has 0 aliphatic carbocycles. The number of rotatable bonds is 66. The number of phosphoric acid groups is 6. The molecule has 117 heavy (non-hydrogen) atoms. The Labute approximate surface area is 694 Å². The maximum atomic E-state index is 11.8. The summed E-state index contributed by atoms with van der Waals surface area (Å²) < 4.78 is 88.5. The second kappa shape index (κ2) is 75.3. The average Bonchev–Trinajstić information content (AvgIpc) is 0.927. The van der Waals surface area contributed by atoms with Crippen LogP contribution in [0.4, 0.5) is 0 Å². The van der Waals surface area contributed by atoms with E-state index in [4.69, 9.17) is 58.7 Å². The van der Waals surface area contributed by atoms with Gasteiger partial charge in [-0.25, -0.2) is 27.4 Å². The Bertz CT molecular complexity index is 3220. The summed E-state index contributed by atoms with van der Waals surface area (Å²) >= 11 is 0. The highest BCUT2D eigenvalue weighted by atomic mass is 31.2. The monoisotopic (exact) mass is 1790 g/mol. The first-order valence-electron chi connectivity index (χ1n) is 38.0. The van der Waals surface area contributed by atoms with Crippen LogP contribution in [0.1, 0.15) is 175 Å². The van der Waals surface area contributed by atoms with Gasteiger partial charge in [-0.1, -0.05) is 140 Å². The molecular weight excluding hydrogens is 1650 g/mol. The summed E-state index contributed by atoms with van der Waals surface area (Å²) in [5.41, 5.74) is 1.50. The molecule has 6 amide bonds. The van der Waals surface area contributed by atoms with Crippen LogP contribution >= 0.6 is 46.9 Å². The van der Waals surface area contributed by atoms with E-state index in [1.807, 2.05) is 0 Å². The minimum absolute atomic E-state index is 0.0141. The number of phosphoric ester groups is 6. The maximum Gasteiger partial charge on any atom is 0.469 e. The first kappa shape index (κ1) is 122. The molecule has 0 heterocycles. The van der Waals surface area contributed by atoms with E-state index in [1.165, 1.54) is 18.2 Å². The molecule has 0 aliphatic heterocycles. The third-order valence-electron chi connectivity index (χ3n) is 15.0. The fraction of sp³-hybridized carbons (Fsp3) is 0.600. The van der Waals surface area contributed by atoms with E-state index >= 15 is 0 Å². The Kier molecular flexibility index (Phi) is 78.7. The molecule has 0 fully saturated rings. The van der Waals surface area contributed by atoms with Crippen molar-refractivity contribution in [2.75, 3.05) is 118 Å². The number of hydrogen-bond acceptors (Lipinski definition) is 18. The van der Waals surface area contributed by atoms with Crippen molar-refractivity contribution in [2.45, 2.75) is 175 Å². The zero-order chi connectivity index (χ0) is 91.0. The summed E-state index contributed by atoms with van der Waals surface area (Å²) in [6.45, 7) is 54.8. The Hall–Kier alpha value is -5.64. The van der Waals surface area contributed by atoms with E-state index in [2.05, 4.69) is 106 Å². The minimum Gasteiger partial charge on any atom is -0.335 e. The van der Waals surface area contributed by atoms with Crippen LogP contribution in [0.3, 0.4) is 0 Å². The molecule has 0 aromatic rings. The van der Waals surface area contributed by atoms with Gasteiger partial charge in [-0.05, 0) is 129 Å². The topological polar surface area (TPSA) is 522 Å². The summed E-state index contributed by atoms with van der Waals surface area (Å²) in [5.74, 6) is -0.600. The van der Waals surface area contributed by atoms with Crippen LogP contribution in [-0.2, 0) is 83.3 Å². The molecule has 0 unspecified atom stereocenters. The van der Waals surface area contributed by atoms with Gasteiger partial charge in [-0.15, -0.1) is 39.5 Å². The highest BCUT2D eigenvalue weighted by Crippen LogP contribution is 2.39. The summed E-state index contributed by atoms with van der Waals surface area (Å²) in [5, 5.41) is 0. The molecule has 678 valence electrons. The van der Waals surface area contributed by atoms with Gasteiger partial charge in [0.25, 0.3) is 0 Å². The van der Waals surface area contributed by atoms with Crippen molar-refractivity contribution in [1.82, 2.24) is 29.4 Å². The fourth-order valence-corrected chi connectivity index (χ4v) is 11.7. The zero-order valence-corrected chi connectivity index (χ0v) is 74.3. The predicted molar refractivity (Wildman–Crippen MR) is 454 cm³/mol.